The van der Waals surface area contributed by atoms with Crippen LogP contribution in [-0.2, 0) is 13.0 Å². The largest absolute Gasteiger partial charge is 0.393 e. The third-order valence-corrected chi connectivity index (χ3v) is 7.55. The summed E-state index contributed by atoms with van der Waals surface area (Å²) in [6.45, 7) is 8.25. The summed E-state index contributed by atoms with van der Waals surface area (Å²) < 4.78 is 0. The molecular weight excluding hydrogens is 398 g/mol. The maximum absolute atomic E-state index is 9.90. The average molecular weight is 436 g/mol. The molecule has 1 unspecified atom stereocenters. The van der Waals surface area contributed by atoms with Gasteiger partial charge in [-0.15, -0.1) is 0 Å². The lowest BCUT2D eigenvalue weighted by Gasteiger charge is -2.36. The van der Waals surface area contributed by atoms with E-state index in [1.54, 1.807) is 0 Å². The minimum absolute atomic E-state index is 0.139. The predicted octanol–water partition coefficient (Wildman–Crippen LogP) is 3.51. The van der Waals surface area contributed by atoms with E-state index in [1.807, 2.05) is 0 Å². The first kappa shape index (κ1) is 21.7. The first-order valence-corrected chi connectivity index (χ1v) is 12.4. The molecular formula is C26H37N5O. The number of likely N-dealkylation sites (tertiary alicyclic amines) is 1. The Bertz CT molecular complexity index is 940. The van der Waals surface area contributed by atoms with Crippen molar-refractivity contribution in [3.63, 3.8) is 0 Å². The van der Waals surface area contributed by atoms with Crippen molar-refractivity contribution in [1.82, 2.24) is 14.9 Å². The molecule has 2 fully saturated rings. The fraction of sp³-hybridized carbons (Fsp3) is 0.615. The van der Waals surface area contributed by atoms with Crippen LogP contribution in [0.4, 0.5) is 11.5 Å². The number of aliphatic hydroxyl groups is 1. The van der Waals surface area contributed by atoms with Gasteiger partial charge in [0, 0.05) is 62.6 Å². The molecule has 1 atom stereocenters. The lowest BCUT2D eigenvalue weighted by molar-refractivity contribution is 0.145. The fourth-order valence-electron chi connectivity index (χ4n) is 5.70. The van der Waals surface area contributed by atoms with Crippen molar-refractivity contribution in [2.24, 2.45) is 0 Å². The standard InChI is InChI=1S/C26H37N5O/c1-19-23-9-6-13-29(2)26(23)28-25(27-19)21-8-5-14-30(18-21)17-20-7-3-4-10-24(20)31-15-11-22(32)12-16-31/h3-4,7,10,21-22,32H,5-6,8-9,11-18H2,1-2H3. The van der Waals surface area contributed by atoms with Crippen molar-refractivity contribution in [3.8, 4) is 0 Å². The summed E-state index contributed by atoms with van der Waals surface area (Å²) in [5.41, 5.74) is 5.25. The Morgan fingerprint density at radius 1 is 1.00 bits per heavy atom. The number of piperidine rings is 2. The summed E-state index contributed by atoms with van der Waals surface area (Å²) in [5, 5.41) is 9.90. The highest BCUT2D eigenvalue weighted by atomic mass is 16.3. The number of fused-ring (bicyclic) bond motifs is 1. The monoisotopic (exact) mass is 435 g/mol. The SMILES string of the molecule is Cc1nc(C2CCCN(Cc3ccccc3N3CCC(O)CC3)C2)nc2c1CCCN2C. The van der Waals surface area contributed by atoms with E-state index < -0.39 is 0 Å². The van der Waals surface area contributed by atoms with E-state index >= 15 is 0 Å². The molecule has 0 spiro atoms. The van der Waals surface area contributed by atoms with Gasteiger partial charge in [-0.1, -0.05) is 18.2 Å². The molecule has 4 heterocycles. The molecule has 6 heteroatoms. The van der Waals surface area contributed by atoms with Crippen LogP contribution in [0.3, 0.4) is 0 Å². The molecule has 1 aromatic heterocycles. The van der Waals surface area contributed by atoms with Gasteiger partial charge in [0.2, 0.25) is 0 Å². The summed E-state index contributed by atoms with van der Waals surface area (Å²) in [5.74, 6) is 2.60. The number of benzene rings is 1. The molecule has 172 valence electrons. The van der Waals surface area contributed by atoms with Crippen LogP contribution >= 0.6 is 0 Å². The molecule has 0 bridgehead atoms. The van der Waals surface area contributed by atoms with E-state index in [4.69, 9.17) is 9.97 Å². The van der Waals surface area contributed by atoms with Crippen LogP contribution in [-0.4, -0.2) is 65.8 Å². The highest BCUT2D eigenvalue weighted by molar-refractivity contribution is 5.54. The molecule has 1 N–H and O–H groups in total. The van der Waals surface area contributed by atoms with E-state index in [2.05, 4.69) is 52.9 Å². The van der Waals surface area contributed by atoms with Crippen LogP contribution in [0.1, 0.15) is 60.7 Å². The molecule has 0 saturated carbocycles. The lowest BCUT2D eigenvalue weighted by Crippen LogP contribution is -2.38. The van der Waals surface area contributed by atoms with Crippen LogP contribution in [0.25, 0.3) is 0 Å². The molecule has 1 aromatic carbocycles. The molecule has 0 amide bonds. The van der Waals surface area contributed by atoms with Crippen LogP contribution in [0.15, 0.2) is 24.3 Å². The quantitative estimate of drug-likeness (QED) is 0.793. The second-order valence-electron chi connectivity index (χ2n) is 9.92. The number of anilines is 2. The van der Waals surface area contributed by atoms with Gasteiger partial charge in [-0.3, -0.25) is 4.90 Å². The third-order valence-electron chi connectivity index (χ3n) is 7.55. The highest BCUT2D eigenvalue weighted by Gasteiger charge is 2.28. The van der Waals surface area contributed by atoms with Gasteiger partial charge < -0.3 is 14.9 Å². The normalized spacial score (nSPS) is 22.8. The van der Waals surface area contributed by atoms with Gasteiger partial charge in [0.1, 0.15) is 11.6 Å². The van der Waals surface area contributed by atoms with Crippen molar-refractivity contribution < 1.29 is 5.11 Å². The number of aromatic nitrogens is 2. The number of nitrogens with zero attached hydrogens (tertiary/aromatic N) is 5. The van der Waals surface area contributed by atoms with Crippen molar-refractivity contribution in [2.75, 3.05) is 49.6 Å². The van der Waals surface area contributed by atoms with Crippen LogP contribution in [0.5, 0.6) is 0 Å². The molecule has 32 heavy (non-hydrogen) atoms. The van der Waals surface area contributed by atoms with Crippen molar-refractivity contribution in [1.29, 1.82) is 0 Å². The van der Waals surface area contributed by atoms with Crippen molar-refractivity contribution >= 4 is 11.5 Å². The maximum Gasteiger partial charge on any atom is 0.135 e. The zero-order valence-corrected chi connectivity index (χ0v) is 19.6. The molecule has 5 rings (SSSR count). The second kappa shape index (κ2) is 9.36. The molecule has 2 saturated heterocycles. The van der Waals surface area contributed by atoms with E-state index in [1.165, 1.54) is 41.8 Å². The van der Waals surface area contributed by atoms with Gasteiger partial charge in [0.25, 0.3) is 0 Å². The number of hydrogen-bond donors (Lipinski definition) is 1. The average Bonchev–Trinajstić information content (AvgIpc) is 2.81. The number of aryl methyl sites for hydroxylation is 1. The molecule has 2 aromatic rings. The number of rotatable bonds is 4. The highest BCUT2D eigenvalue weighted by Crippen LogP contribution is 2.32. The van der Waals surface area contributed by atoms with Gasteiger partial charge >= 0.3 is 0 Å². The predicted molar refractivity (Wildman–Crippen MR) is 130 cm³/mol. The molecule has 3 aliphatic rings. The van der Waals surface area contributed by atoms with E-state index in [0.29, 0.717) is 5.92 Å². The Balaban J connectivity index is 1.32. The summed E-state index contributed by atoms with van der Waals surface area (Å²) in [4.78, 5) is 17.4. The number of hydrogen-bond acceptors (Lipinski definition) is 6. The number of para-hydroxylation sites is 1. The van der Waals surface area contributed by atoms with Gasteiger partial charge in [0.15, 0.2) is 0 Å². The molecule has 3 aliphatic heterocycles. The smallest absolute Gasteiger partial charge is 0.135 e. The Labute approximate surface area is 192 Å². The van der Waals surface area contributed by atoms with Gasteiger partial charge in [-0.05, 0) is 63.6 Å². The van der Waals surface area contributed by atoms with E-state index in [0.717, 1.165) is 70.2 Å². The Kier molecular flexibility index (Phi) is 6.33. The van der Waals surface area contributed by atoms with Crippen LogP contribution in [0, 0.1) is 6.92 Å². The third kappa shape index (κ3) is 4.48. The molecule has 6 nitrogen and oxygen atoms in total. The Morgan fingerprint density at radius 2 is 1.81 bits per heavy atom. The Morgan fingerprint density at radius 3 is 2.66 bits per heavy atom. The van der Waals surface area contributed by atoms with Gasteiger partial charge in [0.05, 0.1) is 6.10 Å². The van der Waals surface area contributed by atoms with Crippen LogP contribution < -0.4 is 9.80 Å². The van der Waals surface area contributed by atoms with Gasteiger partial charge in [-0.2, -0.15) is 0 Å². The minimum Gasteiger partial charge on any atom is -0.393 e. The first-order valence-electron chi connectivity index (χ1n) is 12.4. The maximum atomic E-state index is 9.90. The Hall–Kier alpha value is -2.18. The lowest BCUT2D eigenvalue weighted by atomic mass is 9.95. The molecule has 0 aliphatic carbocycles. The topological polar surface area (TPSA) is 55.7 Å². The van der Waals surface area contributed by atoms with Crippen molar-refractivity contribution in [3.05, 3.63) is 46.9 Å². The van der Waals surface area contributed by atoms with E-state index in [9.17, 15) is 5.11 Å². The zero-order chi connectivity index (χ0) is 22.1. The summed E-state index contributed by atoms with van der Waals surface area (Å²) >= 11 is 0. The summed E-state index contributed by atoms with van der Waals surface area (Å²) in [6.07, 6.45) is 6.25. The number of aliphatic hydroxyl groups excluding tert-OH is 1. The van der Waals surface area contributed by atoms with Crippen LogP contribution in [0.2, 0.25) is 0 Å². The van der Waals surface area contributed by atoms with Crippen molar-refractivity contribution in [2.45, 2.75) is 64.0 Å². The second-order valence-corrected chi connectivity index (χ2v) is 9.92. The zero-order valence-electron chi connectivity index (χ0n) is 19.6. The molecule has 0 radical (unpaired) electrons. The van der Waals surface area contributed by atoms with Gasteiger partial charge in [-0.25, -0.2) is 9.97 Å². The fourth-order valence-corrected chi connectivity index (χ4v) is 5.70. The summed E-state index contributed by atoms with van der Waals surface area (Å²) in [7, 11) is 2.16. The summed E-state index contributed by atoms with van der Waals surface area (Å²) in [6, 6.07) is 8.83. The minimum atomic E-state index is -0.139. The first-order chi connectivity index (χ1) is 15.6. The van der Waals surface area contributed by atoms with E-state index in [-0.39, 0.29) is 6.10 Å².